The summed E-state index contributed by atoms with van der Waals surface area (Å²) in [5.41, 5.74) is 0.572. The summed E-state index contributed by atoms with van der Waals surface area (Å²) in [6, 6.07) is 4.40. The van der Waals surface area contributed by atoms with Crippen LogP contribution in [0, 0.1) is 17.0 Å². The average molecular weight is 297 g/mol. The van der Waals surface area contributed by atoms with E-state index < -0.39 is 4.92 Å². The highest BCUT2D eigenvalue weighted by Gasteiger charge is 2.34. The van der Waals surface area contributed by atoms with E-state index in [4.69, 9.17) is 11.6 Å². The molecule has 0 saturated heterocycles. The van der Waals surface area contributed by atoms with Gasteiger partial charge in [-0.3, -0.25) is 14.9 Å². The number of halogens is 1. The Morgan fingerprint density at radius 3 is 2.60 bits per heavy atom. The first-order valence-corrected chi connectivity index (χ1v) is 7.14. The molecule has 1 aromatic rings. The Bertz CT molecular complexity index is 539. The van der Waals surface area contributed by atoms with E-state index in [1.807, 2.05) is 0 Å². The van der Waals surface area contributed by atoms with Crippen molar-refractivity contribution in [1.29, 1.82) is 0 Å². The van der Waals surface area contributed by atoms with Crippen molar-refractivity contribution in [1.82, 2.24) is 5.32 Å². The number of aryl methyl sites for hydroxylation is 1. The maximum absolute atomic E-state index is 12.3. The van der Waals surface area contributed by atoms with Gasteiger partial charge in [-0.1, -0.05) is 12.8 Å². The number of carbonyl (C=O) groups is 1. The van der Waals surface area contributed by atoms with Crippen molar-refractivity contribution in [2.75, 3.05) is 5.88 Å². The van der Waals surface area contributed by atoms with Crippen LogP contribution in [0.1, 0.15) is 41.6 Å². The zero-order chi connectivity index (χ0) is 14.8. The van der Waals surface area contributed by atoms with Gasteiger partial charge in [-0.15, -0.1) is 11.6 Å². The molecule has 108 valence electrons. The summed E-state index contributed by atoms with van der Waals surface area (Å²) in [5.74, 6) is 0.0754. The molecule has 20 heavy (non-hydrogen) atoms. The standard InChI is InChI=1S/C14H17ClN2O3/c1-10-6-11(8-12(7-10)17(19)20)13(18)16-14(9-15)4-2-3-5-14/h6-8H,2-5,9H2,1H3,(H,16,18). The zero-order valence-corrected chi connectivity index (χ0v) is 12.1. The van der Waals surface area contributed by atoms with Crippen LogP contribution in [0.2, 0.25) is 0 Å². The van der Waals surface area contributed by atoms with Crippen molar-refractivity contribution in [3.8, 4) is 0 Å². The Hall–Kier alpha value is -1.62. The number of hydrogen-bond acceptors (Lipinski definition) is 3. The second kappa shape index (κ2) is 5.79. The summed E-state index contributed by atoms with van der Waals surface area (Å²) >= 11 is 5.99. The van der Waals surface area contributed by atoms with E-state index in [0.29, 0.717) is 17.0 Å². The SMILES string of the molecule is Cc1cc(C(=O)NC2(CCl)CCCC2)cc([N+](=O)[O-])c1. The van der Waals surface area contributed by atoms with Crippen LogP contribution in [0.4, 0.5) is 5.69 Å². The lowest BCUT2D eigenvalue weighted by Gasteiger charge is -2.27. The Kier molecular flexibility index (Phi) is 4.28. The van der Waals surface area contributed by atoms with E-state index in [-0.39, 0.29) is 17.1 Å². The van der Waals surface area contributed by atoms with Crippen molar-refractivity contribution in [2.45, 2.75) is 38.1 Å². The highest BCUT2D eigenvalue weighted by molar-refractivity contribution is 6.19. The molecule has 1 amide bonds. The van der Waals surface area contributed by atoms with Crippen LogP contribution in [-0.2, 0) is 0 Å². The normalized spacial score (nSPS) is 16.9. The maximum atomic E-state index is 12.3. The topological polar surface area (TPSA) is 72.2 Å². The van der Waals surface area contributed by atoms with Gasteiger partial charge in [0.15, 0.2) is 0 Å². The number of nitro groups is 1. The Labute approximate surface area is 122 Å². The summed E-state index contributed by atoms with van der Waals surface area (Å²) in [6.07, 6.45) is 3.80. The summed E-state index contributed by atoms with van der Waals surface area (Å²) < 4.78 is 0. The number of nitro benzene ring substituents is 1. The summed E-state index contributed by atoms with van der Waals surface area (Å²) in [6.45, 7) is 1.73. The van der Waals surface area contributed by atoms with Crippen LogP contribution in [0.15, 0.2) is 18.2 Å². The van der Waals surface area contributed by atoms with Gasteiger partial charge < -0.3 is 5.32 Å². The number of alkyl halides is 1. The summed E-state index contributed by atoms with van der Waals surface area (Å²) in [4.78, 5) is 22.7. The number of rotatable bonds is 4. The first-order valence-electron chi connectivity index (χ1n) is 6.60. The van der Waals surface area contributed by atoms with E-state index in [2.05, 4.69) is 5.32 Å². The number of carbonyl (C=O) groups excluding carboxylic acids is 1. The minimum Gasteiger partial charge on any atom is -0.345 e. The largest absolute Gasteiger partial charge is 0.345 e. The molecule has 1 N–H and O–H groups in total. The van der Waals surface area contributed by atoms with Gasteiger partial charge in [-0.2, -0.15) is 0 Å². The summed E-state index contributed by atoms with van der Waals surface area (Å²) in [7, 11) is 0. The molecular weight excluding hydrogens is 280 g/mol. The lowest BCUT2D eigenvalue weighted by molar-refractivity contribution is -0.384. The Balaban J connectivity index is 2.22. The minimum atomic E-state index is -0.489. The molecule has 0 spiro atoms. The van der Waals surface area contributed by atoms with Crippen molar-refractivity contribution < 1.29 is 9.72 Å². The van der Waals surface area contributed by atoms with Crippen molar-refractivity contribution in [3.63, 3.8) is 0 Å². The molecule has 1 aromatic carbocycles. The highest BCUT2D eigenvalue weighted by atomic mass is 35.5. The van der Waals surface area contributed by atoms with E-state index in [1.54, 1.807) is 13.0 Å². The van der Waals surface area contributed by atoms with Crippen LogP contribution < -0.4 is 5.32 Å². The van der Waals surface area contributed by atoms with Gasteiger partial charge in [-0.05, 0) is 31.4 Å². The van der Waals surface area contributed by atoms with Gasteiger partial charge in [0, 0.05) is 23.6 Å². The molecule has 1 aliphatic carbocycles. The second-order valence-electron chi connectivity index (χ2n) is 5.39. The van der Waals surface area contributed by atoms with Crippen molar-refractivity contribution >= 4 is 23.2 Å². The quantitative estimate of drug-likeness (QED) is 0.527. The van der Waals surface area contributed by atoms with Gasteiger partial charge in [0.25, 0.3) is 11.6 Å². The molecule has 1 fully saturated rings. The lowest BCUT2D eigenvalue weighted by atomic mass is 9.99. The first kappa shape index (κ1) is 14.8. The number of non-ortho nitro benzene ring substituents is 1. The summed E-state index contributed by atoms with van der Waals surface area (Å²) in [5, 5.41) is 13.8. The predicted molar refractivity (Wildman–Crippen MR) is 77.2 cm³/mol. The van der Waals surface area contributed by atoms with Gasteiger partial charge in [0.05, 0.1) is 10.5 Å². The third-order valence-corrected chi connectivity index (χ3v) is 4.24. The average Bonchev–Trinajstić information content (AvgIpc) is 2.87. The van der Waals surface area contributed by atoms with Crippen LogP contribution in [0.25, 0.3) is 0 Å². The molecule has 2 rings (SSSR count). The molecule has 0 aliphatic heterocycles. The molecule has 5 nitrogen and oxygen atoms in total. The van der Waals surface area contributed by atoms with Crippen LogP contribution >= 0.6 is 11.6 Å². The first-order chi connectivity index (χ1) is 9.46. The molecule has 0 bridgehead atoms. The van der Waals surface area contributed by atoms with Gasteiger partial charge >= 0.3 is 0 Å². The second-order valence-corrected chi connectivity index (χ2v) is 5.66. The fourth-order valence-corrected chi connectivity index (χ4v) is 2.99. The molecular formula is C14H17ClN2O3. The number of amides is 1. The Morgan fingerprint density at radius 2 is 2.05 bits per heavy atom. The molecule has 0 unspecified atom stereocenters. The van der Waals surface area contributed by atoms with E-state index in [1.165, 1.54) is 12.1 Å². The van der Waals surface area contributed by atoms with E-state index in [9.17, 15) is 14.9 Å². The number of benzene rings is 1. The minimum absolute atomic E-state index is 0.0681. The molecule has 0 aromatic heterocycles. The Morgan fingerprint density at radius 1 is 1.40 bits per heavy atom. The molecule has 0 atom stereocenters. The monoisotopic (exact) mass is 296 g/mol. The molecule has 1 saturated carbocycles. The molecule has 1 aliphatic rings. The lowest BCUT2D eigenvalue weighted by Crippen LogP contribution is -2.47. The van der Waals surface area contributed by atoms with Crippen LogP contribution in [-0.4, -0.2) is 22.2 Å². The van der Waals surface area contributed by atoms with Crippen LogP contribution in [0.5, 0.6) is 0 Å². The number of hydrogen-bond donors (Lipinski definition) is 1. The maximum Gasteiger partial charge on any atom is 0.270 e. The van der Waals surface area contributed by atoms with Crippen molar-refractivity contribution in [3.05, 3.63) is 39.4 Å². The smallest absolute Gasteiger partial charge is 0.270 e. The third-order valence-electron chi connectivity index (χ3n) is 3.73. The molecule has 0 heterocycles. The highest BCUT2D eigenvalue weighted by Crippen LogP contribution is 2.31. The molecule has 6 heteroatoms. The number of nitrogens with zero attached hydrogens (tertiary/aromatic N) is 1. The van der Waals surface area contributed by atoms with E-state index >= 15 is 0 Å². The predicted octanol–water partition coefficient (Wildman–Crippen LogP) is 3.18. The van der Waals surface area contributed by atoms with Crippen LogP contribution in [0.3, 0.4) is 0 Å². The van der Waals surface area contributed by atoms with Gasteiger partial charge in [-0.25, -0.2) is 0 Å². The number of nitrogens with one attached hydrogen (secondary N) is 1. The molecule has 0 radical (unpaired) electrons. The third kappa shape index (κ3) is 3.10. The fourth-order valence-electron chi connectivity index (χ4n) is 2.66. The zero-order valence-electron chi connectivity index (χ0n) is 11.3. The van der Waals surface area contributed by atoms with Gasteiger partial charge in [0.1, 0.15) is 0 Å². The van der Waals surface area contributed by atoms with Crippen molar-refractivity contribution in [2.24, 2.45) is 0 Å². The van der Waals surface area contributed by atoms with Gasteiger partial charge in [0.2, 0.25) is 0 Å². The van der Waals surface area contributed by atoms with E-state index in [0.717, 1.165) is 25.7 Å². The fraction of sp³-hybridized carbons (Fsp3) is 0.500.